The van der Waals surface area contributed by atoms with Gasteiger partial charge in [0.05, 0.1) is 19.9 Å². The van der Waals surface area contributed by atoms with Crippen LogP contribution in [-0.4, -0.2) is 43.9 Å². The van der Waals surface area contributed by atoms with E-state index in [4.69, 9.17) is 14.6 Å². The zero-order valence-electron chi connectivity index (χ0n) is 21.2. The maximum Gasteiger partial charge on any atom is 0.246 e. The van der Waals surface area contributed by atoms with E-state index in [1.807, 2.05) is 24.3 Å². The fourth-order valence-corrected chi connectivity index (χ4v) is 5.32. The lowest BCUT2D eigenvalue weighted by atomic mass is 9.73. The van der Waals surface area contributed by atoms with Gasteiger partial charge in [0.2, 0.25) is 5.91 Å². The van der Waals surface area contributed by atoms with Gasteiger partial charge in [-0.25, -0.2) is 5.01 Å². The summed E-state index contributed by atoms with van der Waals surface area (Å²) in [5.41, 5.74) is 3.38. The molecule has 0 unspecified atom stereocenters. The van der Waals surface area contributed by atoms with Crippen molar-refractivity contribution in [2.75, 3.05) is 27.3 Å². The number of hydrogen-bond acceptors (Lipinski definition) is 5. The zero-order valence-corrected chi connectivity index (χ0v) is 21.2. The van der Waals surface area contributed by atoms with Crippen molar-refractivity contribution >= 4 is 11.6 Å². The molecule has 1 amide bonds. The summed E-state index contributed by atoms with van der Waals surface area (Å²) in [6.07, 6.45) is 8.63. The summed E-state index contributed by atoms with van der Waals surface area (Å²) in [5, 5.41) is 10.2. The highest BCUT2D eigenvalue weighted by molar-refractivity contribution is 6.07. The normalized spacial score (nSPS) is 19.8. The van der Waals surface area contributed by atoms with Gasteiger partial charge in [-0.1, -0.05) is 56.0 Å². The molecule has 0 bridgehead atoms. The number of hydrogen-bond donors (Lipinski definition) is 1. The number of nitrogens with zero attached hydrogens (tertiary/aromatic N) is 2. The molecule has 6 nitrogen and oxygen atoms in total. The summed E-state index contributed by atoms with van der Waals surface area (Å²) in [7, 11) is 3.30. The Kier molecular flexibility index (Phi) is 9.18. The van der Waals surface area contributed by atoms with Gasteiger partial charge in [-0.15, -0.1) is 0 Å². The van der Waals surface area contributed by atoms with E-state index in [-0.39, 0.29) is 17.7 Å². The molecule has 1 fully saturated rings. The SMILES string of the molecule is COc1ccc(C2=NN(CCCCCCNCc3ccccc3)C(=O)[C@H]3CCCC[C@@H]23)cc1OC. The summed E-state index contributed by atoms with van der Waals surface area (Å²) in [6.45, 7) is 2.62. The van der Waals surface area contributed by atoms with Crippen LogP contribution >= 0.6 is 0 Å². The van der Waals surface area contributed by atoms with Crippen molar-refractivity contribution < 1.29 is 14.3 Å². The zero-order chi connectivity index (χ0) is 24.5. The van der Waals surface area contributed by atoms with E-state index in [9.17, 15) is 4.79 Å². The summed E-state index contributed by atoms with van der Waals surface area (Å²) in [4.78, 5) is 13.3. The highest BCUT2D eigenvalue weighted by Crippen LogP contribution is 2.39. The number of hydrazone groups is 1. The van der Waals surface area contributed by atoms with Crippen molar-refractivity contribution in [3.8, 4) is 11.5 Å². The number of carbonyl (C=O) groups excluding carboxylic acids is 1. The molecule has 2 aromatic carbocycles. The summed E-state index contributed by atoms with van der Waals surface area (Å²) in [5.74, 6) is 1.86. The third kappa shape index (κ3) is 6.43. The average Bonchev–Trinajstić information content (AvgIpc) is 2.91. The molecule has 1 N–H and O–H groups in total. The van der Waals surface area contributed by atoms with Gasteiger partial charge in [0.25, 0.3) is 0 Å². The van der Waals surface area contributed by atoms with Gasteiger partial charge in [0.15, 0.2) is 11.5 Å². The maximum atomic E-state index is 13.3. The van der Waals surface area contributed by atoms with Crippen LogP contribution in [0.15, 0.2) is 53.6 Å². The molecule has 1 saturated carbocycles. The molecule has 35 heavy (non-hydrogen) atoms. The number of methoxy groups -OCH3 is 2. The molecule has 188 valence electrons. The van der Waals surface area contributed by atoms with Gasteiger partial charge in [0.1, 0.15) is 0 Å². The van der Waals surface area contributed by atoms with Crippen molar-refractivity contribution in [3.63, 3.8) is 0 Å². The molecule has 2 aliphatic rings. The summed E-state index contributed by atoms with van der Waals surface area (Å²) >= 11 is 0. The third-order valence-electron chi connectivity index (χ3n) is 7.24. The molecule has 0 spiro atoms. The van der Waals surface area contributed by atoms with Gasteiger partial charge in [-0.05, 0) is 56.0 Å². The molecule has 2 aromatic rings. The number of unbranched alkanes of at least 4 members (excludes halogenated alkanes) is 3. The van der Waals surface area contributed by atoms with E-state index in [2.05, 4.69) is 29.6 Å². The number of amides is 1. The smallest absolute Gasteiger partial charge is 0.246 e. The minimum atomic E-state index is 0.0477. The fourth-order valence-electron chi connectivity index (χ4n) is 5.32. The molecule has 0 saturated heterocycles. The molecule has 0 radical (unpaired) electrons. The van der Waals surface area contributed by atoms with E-state index >= 15 is 0 Å². The summed E-state index contributed by atoms with van der Waals surface area (Å²) in [6, 6.07) is 16.5. The van der Waals surface area contributed by atoms with Crippen molar-refractivity contribution in [1.82, 2.24) is 10.3 Å². The van der Waals surface area contributed by atoms with Gasteiger partial charge >= 0.3 is 0 Å². The molecular weight excluding hydrogens is 438 g/mol. The highest BCUT2D eigenvalue weighted by atomic mass is 16.5. The number of benzene rings is 2. The van der Waals surface area contributed by atoms with Crippen LogP contribution < -0.4 is 14.8 Å². The van der Waals surface area contributed by atoms with Crippen LogP contribution in [0.5, 0.6) is 11.5 Å². The monoisotopic (exact) mass is 477 g/mol. The molecule has 6 heteroatoms. The van der Waals surface area contributed by atoms with Gasteiger partial charge in [0, 0.05) is 30.5 Å². The number of nitrogens with one attached hydrogen (secondary N) is 1. The lowest BCUT2D eigenvalue weighted by Crippen LogP contribution is -2.46. The third-order valence-corrected chi connectivity index (χ3v) is 7.24. The Bertz CT molecular complexity index is 992. The largest absolute Gasteiger partial charge is 0.493 e. The van der Waals surface area contributed by atoms with Gasteiger partial charge in [-0.3, -0.25) is 4.79 Å². The number of rotatable bonds is 12. The van der Waals surface area contributed by atoms with E-state index < -0.39 is 0 Å². The van der Waals surface area contributed by atoms with E-state index in [0.29, 0.717) is 18.0 Å². The van der Waals surface area contributed by atoms with Gasteiger partial charge in [-0.2, -0.15) is 5.10 Å². The van der Waals surface area contributed by atoms with Gasteiger partial charge < -0.3 is 14.8 Å². The van der Waals surface area contributed by atoms with Crippen LogP contribution in [0, 0.1) is 11.8 Å². The predicted octanol–water partition coefficient (Wildman–Crippen LogP) is 5.41. The Morgan fingerprint density at radius 2 is 1.66 bits per heavy atom. The Balaban J connectivity index is 1.32. The predicted molar refractivity (Wildman–Crippen MR) is 140 cm³/mol. The minimum Gasteiger partial charge on any atom is -0.493 e. The van der Waals surface area contributed by atoms with Crippen LogP contribution in [-0.2, 0) is 11.3 Å². The molecule has 2 atom stereocenters. The molecule has 1 aliphatic carbocycles. The second-order valence-corrected chi connectivity index (χ2v) is 9.59. The maximum absolute atomic E-state index is 13.3. The first-order valence-electron chi connectivity index (χ1n) is 13.1. The van der Waals surface area contributed by atoms with Crippen LogP contribution in [0.2, 0.25) is 0 Å². The summed E-state index contributed by atoms with van der Waals surface area (Å²) < 4.78 is 10.9. The number of fused-ring (bicyclic) bond motifs is 1. The van der Waals surface area contributed by atoms with Crippen molar-refractivity contribution in [3.05, 3.63) is 59.7 Å². The van der Waals surface area contributed by atoms with Crippen molar-refractivity contribution in [1.29, 1.82) is 0 Å². The van der Waals surface area contributed by atoms with Crippen molar-refractivity contribution in [2.24, 2.45) is 16.9 Å². The molecular formula is C29H39N3O3. The van der Waals surface area contributed by atoms with Crippen molar-refractivity contribution in [2.45, 2.75) is 57.9 Å². The lowest BCUT2D eigenvalue weighted by molar-refractivity contribution is -0.139. The molecule has 1 aliphatic heterocycles. The van der Waals surface area contributed by atoms with Crippen LogP contribution in [0.4, 0.5) is 0 Å². The number of carbonyl (C=O) groups is 1. The quantitative estimate of drug-likeness (QED) is 0.416. The Hall–Kier alpha value is -2.86. The fraction of sp³-hybridized carbons (Fsp3) is 0.517. The van der Waals surface area contributed by atoms with E-state index in [0.717, 1.165) is 75.7 Å². The molecule has 4 rings (SSSR count). The highest BCUT2D eigenvalue weighted by Gasteiger charge is 2.41. The van der Waals surface area contributed by atoms with E-state index in [1.165, 1.54) is 5.56 Å². The van der Waals surface area contributed by atoms with Crippen LogP contribution in [0.1, 0.15) is 62.5 Å². The Labute approximate surface area is 209 Å². The minimum absolute atomic E-state index is 0.0477. The second kappa shape index (κ2) is 12.7. The first-order chi connectivity index (χ1) is 17.2. The topological polar surface area (TPSA) is 63.2 Å². The van der Waals surface area contributed by atoms with Crippen LogP contribution in [0.3, 0.4) is 0 Å². The first-order valence-corrected chi connectivity index (χ1v) is 13.1. The van der Waals surface area contributed by atoms with E-state index in [1.54, 1.807) is 19.2 Å². The molecule has 1 heterocycles. The first kappa shape index (κ1) is 25.2. The lowest BCUT2D eigenvalue weighted by Gasteiger charge is -2.38. The van der Waals surface area contributed by atoms with Crippen LogP contribution in [0.25, 0.3) is 0 Å². The Morgan fingerprint density at radius 3 is 2.43 bits per heavy atom. The Morgan fingerprint density at radius 1 is 0.914 bits per heavy atom. The second-order valence-electron chi connectivity index (χ2n) is 9.59. The molecule has 0 aromatic heterocycles. The standard InChI is InChI=1S/C29H39N3O3/c1-34-26-17-16-23(20-27(26)35-2)28-24-14-8-9-15-25(24)29(33)32(31-28)19-11-4-3-10-18-30-21-22-12-6-5-7-13-22/h5-7,12-13,16-17,20,24-25,30H,3-4,8-11,14-15,18-19,21H2,1-2H3/t24-,25+/m1/s1. The number of ether oxygens (including phenoxy) is 2. The average molecular weight is 478 g/mol.